The highest BCUT2D eigenvalue weighted by Crippen LogP contribution is 2.34. The minimum absolute atomic E-state index is 0.215. The highest BCUT2D eigenvalue weighted by molar-refractivity contribution is 6.34. The zero-order valence-electron chi connectivity index (χ0n) is 15.9. The summed E-state index contributed by atoms with van der Waals surface area (Å²) < 4.78 is 0. The van der Waals surface area contributed by atoms with Crippen LogP contribution in [0.15, 0.2) is 65.6 Å². The summed E-state index contributed by atoms with van der Waals surface area (Å²) in [6, 6.07) is 16.9. The molecule has 0 aliphatic heterocycles. The van der Waals surface area contributed by atoms with Crippen molar-refractivity contribution in [3.05, 3.63) is 76.2 Å². The second kappa shape index (κ2) is 6.68. The van der Waals surface area contributed by atoms with Gasteiger partial charge in [0, 0.05) is 22.5 Å². The lowest BCUT2D eigenvalue weighted by Crippen LogP contribution is -2.00. The molecule has 6 rings (SSSR count). The van der Waals surface area contributed by atoms with Crippen LogP contribution >= 0.6 is 11.6 Å². The quantitative estimate of drug-likeness (QED) is 0.325. The van der Waals surface area contributed by atoms with Gasteiger partial charge in [-0.05, 0) is 42.5 Å². The number of aromatic nitrogens is 6. The van der Waals surface area contributed by atoms with E-state index in [4.69, 9.17) is 16.6 Å². The molecule has 0 saturated heterocycles. The first kappa shape index (κ1) is 17.7. The summed E-state index contributed by atoms with van der Waals surface area (Å²) in [4.78, 5) is 21.4. The van der Waals surface area contributed by atoms with Gasteiger partial charge in [0.2, 0.25) is 0 Å². The van der Waals surface area contributed by atoms with Gasteiger partial charge in [-0.3, -0.25) is 25.1 Å². The molecule has 6 aromatic rings. The average molecular weight is 428 g/mol. The molecule has 0 aliphatic rings. The van der Waals surface area contributed by atoms with E-state index in [2.05, 4.69) is 30.7 Å². The fraction of sp³-hybridized carbons (Fsp3) is 0. The third-order valence-electron chi connectivity index (χ3n) is 5.24. The molecule has 0 atom stereocenters. The van der Waals surface area contributed by atoms with Gasteiger partial charge in [0.15, 0.2) is 5.82 Å². The number of benzene rings is 2. The third kappa shape index (κ3) is 2.84. The van der Waals surface area contributed by atoms with Crippen LogP contribution in [0, 0.1) is 0 Å². The Bertz CT molecular complexity index is 1660. The Hall–Kier alpha value is -4.17. The van der Waals surface area contributed by atoms with Gasteiger partial charge >= 0.3 is 0 Å². The first-order valence-corrected chi connectivity index (χ1v) is 9.91. The Morgan fingerprint density at radius 2 is 1.74 bits per heavy atom. The van der Waals surface area contributed by atoms with Gasteiger partial charge in [-0.2, -0.15) is 5.10 Å². The molecule has 0 aliphatic carbocycles. The van der Waals surface area contributed by atoms with E-state index < -0.39 is 0 Å². The van der Waals surface area contributed by atoms with Gasteiger partial charge in [0.05, 0.1) is 32.7 Å². The predicted octanol–water partition coefficient (Wildman–Crippen LogP) is 4.74. The van der Waals surface area contributed by atoms with Crippen molar-refractivity contribution in [1.82, 2.24) is 30.4 Å². The van der Waals surface area contributed by atoms with Crippen LogP contribution in [-0.4, -0.2) is 30.4 Å². The molecule has 4 heterocycles. The summed E-state index contributed by atoms with van der Waals surface area (Å²) in [5, 5.41) is 18.9. The molecule has 4 aromatic heterocycles. The van der Waals surface area contributed by atoms with Crippen molar-refractivity contribution in [2.24, 2.45) is 0 Å². The minimum Gasteiger partial charge on any atom is -0.322 e. The van der Waals surface area contributed by atoms with Gasteiger partial charge in [-0.15, -0.1) is 0 Å². The Morgan fingerprint density at radius 1 is 0.871 bits per heavy atom. The Morgan fingerprint density at radius 3 is 2.68 bits per heavy atom. The van der Waals surface area contributed by atoms with E-state index in [1.54, 1.807) is 18.3 Å². The first-order chi connectivity index (χ1) is 15.2. The number of rotatable bonds is 3. The SMILES string of the molecule is O=c1[nH][nH]c2cc(Cl)c(-c3cc4ncccc4c(Nc4n[nH]c5ccccc45)n3)cc12. The number of aromatic amines is 3. The maximum Gasteiger partial charge on any atom is 0.271 e. The van der Waals surface area contributed by atoms with Gasteiger partial charge < -0.3 is 5.32 Å². The molecule has 8 nitrogen and oxygen atoms in total. The number of nitrogens with zero attached hydrogens (tertiary/aromatic N) is 3. The zero-order valence-corrected chi connectivity index (χ0v) is 16.7. The molecule has 9 heteroatoms. The van der Waals surface area contributed by atoms with E-state index >= 15 is 0 Å². The van der Waals surface area contributed by atoms with Crippen molar-refractivity contribution in [2.45, 2.75) is 0 Å². The predicted molar refractivity (Wildman–Crippen MR) is 122 cm³/mol. The third-order valence-corrected chi connectivity index (χ3v) is 5.56. The lowest BCUT2D eigenvalue weighted by atomic mass is 10.1. The normalized spacial score (nSPS) is 11.5. The molecular formula is C22H14ClN7O. The van der Waals surface area contributed by atoms with Crippen molar-refractivity contribution in [2.75, 3.05) is 5.32 Å². The van der Waals surface area contributed by atoms with E-state index in [-0.39, 0.29) is 5.56 Å². The Labute approximate surface area is 179 Å². The zero-order chi connectivity index (χ0) is 20.9. The summed E-state index contributed by atoms with van der Waals surface area (Å²) in [6.07, 6.45) is 1.72. The fourth-order valence-electron chi connectivity index (χ4n) is 3.73. The topological polar surface area (TPSA) is 115 Å². The maximum atomic E-state index is 12.1. The van der Waals surface area contributed by atoms with Crippen molar-refractivity contribution in [1.29, 1.82) is 0 Å². The minimum atomic E-state index is -0.215. The fourth-order valence-corrected chi connectivity index (χ4v) is 3.99. The van der Waals surface area contributed by atoms with Crippen LogP contribution in [0.1, 0.15) is 0 Å². The smallest absolute Gasteiger partial charge is 0.271 e. The lowest BCUT2D eigenvalue weighted by molar-refractivity contribution is 1.08. The molecule has 0 radical (unpaired) electrons. The molecule has 0 unspecified atom stereocenters. The lowest BCUT2D eigenvalue weighted by Gasteiger charge is -2.11. The Balaban J connectivity index is 1.56. The number of anilines is 2. The van der Waals surface area contributed by atoms with Gasteiger partial charge in [0.25, 0.3) is 5.56 Å². The highest BCUT2D eigenvalue weighted by Gasteiger charge is 2.15. The van der Waals surface area contributed by atoms with Gasteiger partial charge in [-0.25, -0.2) is 4.98 Å². The number of hydrogen-bond acceptors (Lipinski definition) is 5. The average Bonchev–Trinajstić information content (AvgIpc) is 3.36. The number of pyridine rings is 2. The largest absolute Gasteiger partial charge is 0.322 e. The van der Waals surface area contributed by atoms with Crippen LogP contribution in [0.3, 0.4) is 0 Å². The molecular weight excluding hydrogens is 414 g/mol. The van der Waals surface area contributed by atoms with Crippen molar-refractivity contribution in [3.8, 4) is 11.3 Å². The number of para-hydroxylation sites is 1. The summed E-state index contributed by atoms with van der Waals surface area (Å²) in [7, 11) is 0. The highest BCUT2D eigenvalue weighted by atomic mass is 35.5. The van der Waals surface area contributed by atoms with Crippen LogP contribution in [0.2, 0.25) is 5.02 Å². The van der Waals surface area contributed by atoms with Crippen LogP contribution in [-0.2, 0) is 0 Å². The van der Waals surface area contributed by atoms with Crippen molar-refractivity contribution < 1.29 is 0 Å². The number of hydrogen-bond donors (Lipinski definition) is 4. The van der Waals surface area contributed by atoms with E-state index in [9.17, 15) is 4.79 Å². The van der Waals surface area contributed by atoms with Crippen LogP contribution in [0.4, 0.5) is 11.6 Å². The van der Waals surface area contributed by atoms with E-state index in [1.165, 1.54) is 0 Å². The van der Waals surface area contributed by atoms with Crippen LogP contribution in [0.25, 0.3) is 44.0 Å². The van der Waals surface area contributed by atoms with Crippen LogP contribution in [0.5, 0.6) is 0 Å². The van der Waals surface area contributed by atoms with Crippen molar-refractivity contribution in [3.63, 3.8) is 0 Å². The summed E-state index contributed by atoms with van der Waals surface area (Å²) in [5.41, 5.74) is 3.33. The Kier molecular flexibility index (Phi) is 3.81. The number of H-pyrrole nitrogens is 3. The van der Waals surface area contributed by atoms with Crippen molar-refractivity contribution >= 4 is 55.9 Å². The molecule has 0 amide bonds. The molecule has 0 spiro atoms. The van der Waals surface area contributed by atoms with Crippen LogP contribution < -0.4 is 10.9 Å². The monoisotopic (exact) mass is 427 g/mol. The number of nitrogens with one attached hydrogen (secondary N) is 4. The molecule has 31 heavy (non-hydrogen) atoms. The summed E-state index contributed by atoms with van der Waals surface area (Å²) in [6.45, 7) is 0. The van der Waals surface area contributed by atoms with E-state index in [1.807, 2.05) is 42.5 Å². The second-order valence-corrected chi connectivity index (χ2v) is 7.53. The van der Waals surface area contributed by atoms with E-state index in [0.717, 1.165) is 21.8 Å². The summed E-state index contributed by atoms with van der Waals surface area (Å²) >= 11 is 6.54. The standard InChI is InChI=1S/C22H14ClN7O/c23-15-9-19-14(22(31)30-28-19)8-13(15)18-10-17-12(5-3-7-24-17)20(25-18)26-21-11-4-1-2-6-16(11)27-29-21/h1-10H,(H2,28,30,31)(H2,25,26,27,29). The van der Waals surface area contributed by atoms with E-state index in [0.29, 0.717) is 38.8 Å². The molecule has 150 valence electrons. The second-order valence-electron chi connectivity index (χ2n) is 7.13. The molecule has 4 N–H and O–H groups in total. The number of halogens is 1. The van der Waals surface area contributed by atoms with Gasteiger partial charge in [0.1, 0.15) is 5.82 Å². The van der Waals surface area contributed by atoms with Gasteiger partial charge in [-0.1, -0.05) is 23.7 Å². The molecule has 0 fully saturated rings. The molecule has 2 aromatic carbocycles. The molecule has 0 saturated carbocycles. The summed E-state index contributed by atoms with van der Waals surface area (Å²) in [5.74, 6) is 1.26. The number of fused-ring (bicyclic) bond motifs is 3. The molecule has 0 bridgehead atoms. The first-order valence-electron chi connectivity index (χ1n) is 9.53. The maximum absolute atomic E-state index is 12.1.